The molecule has 0 spiro atoms. The van der Waals surface area contributed by atoms with Gasteiger partial charge in [-0.3, -0.25) is 9.78 Å². The van der Waals surface area contributed by atoms with Crippen LogP contribution in [0.3, 0.4) is 0 Å². The number of fused-ring (bicyclic) bond motifs is 1. The summed E-state index contributed by atoms with van der Waals surface area (Å²) in [6.07, 6.45) is 7.72. The minimum absolute atomic E-state index is 0.0888. The molecule has 0 aliphatic heterocycles. The maximum Gasteiger partial charge on any atom is 0.251 e. The van der Waals surface area contributed by atoms with Gasteiger partial charge in [0, 0.05) is 42.4 Å². The minimum atomic E-state index is -0.0888. The Hall–Kier alpha value is -4.11. The summed E-state index contributed by atoms with van der Waals surface area (Å²) in [5, 5.41) is 3.88. The van der Waals surface area contributed by atoms with Crippen molar-refractivity contribution in [1.82, 2.24) is 29.8 Å². The van der Waals surface area contributed by atoms with E-state index in [2.05, 4.69) is 37.0 Å². The van der Waals surface area contributed by atoms with Gasteiger partial charge in [-0.25, -0.2) is 9.97 Å². The Labute approximate surface area is 213 Å². The van der Waals surface area contributed by atoms with Gasteiger partial charge in [-0.15, -0.1) is 0 Å². The average Bonchev–Trinajstić information content (AvgIpc) is 3.56. The topological polar surface area (TPSA) is 97.7 Å². The van der Waals surface area contributed by atoms with Crippen LogP contribution in [0.1, 0.15) is 27.2 Å². The number of amides is 1. The van der Waals surface area contributed by atoms with Crippen LogP contribution < -0.4 is 10.1 Å². The monoisotopic (exact) mass is 498 g/mol. The van der Waals surface area contributed by atoms with E-state index in [4.69, 9.17) is 9.72 Å². The third kappa shape index (κ3) is 5.58. The van der Waals surface area contributed by atoms with Crippen molar-refractivity contribution in [2.45, 2.75) is 23.9 Å². The van der Waals surface area contributed by atoms with Gasteiger partial charge in [0.25, 0.3) is 5.91 Å². The lowest BCUT2D eigenvalue weighted by Gasteiger charge is -2.10. The molecule has 0 saturated carbocycles. The standard InChI is InChI=1S/C27H26N6O2S/c1-35-23-8-4-20(5-9-23)17-36-27-32-24-11-12-28-15-25(24)33(27)16-19-2-6-21(7-3-19)26(34)30-13-10-22-14-29-18-31-22/h2-9,11-12,14-15,18H,10,13,16-17H2,1H3,(H,29,31)(H,30,34). The molecule has 1 amide bonds. The summed E-state index contributed by atoms with van der Waals surface area (Å²) in [4.78, 5) is 28.7. The first kappa shape index (κ1) is 23.6. The molecule has 3 aromatic heterocycles. The molecule has 0 aliphatic carbocycles. The molecule has 0 unspecified atom stereocenters. The molecule has 8 nitrogen and oxygen atoms in total. The number of rotatable bonds is 10. The van der Waals surface area contributed by atoms with Gasteiger partial charge in [0.2, 0.25) is 0 Å². The number of nitrogens with one attached hydrogen (secondary N) is 2. The van der Waals surface area contributed by atoms with E-state index in [1.165, 1.54) is 5.56 Å². The zero-order valence-corrected chi connectivity index (χ0v) is 20.7. The maximum absolute atomic E-state index is 12.5. The van der Waals surface area contributed by atoms with E-state index in [-0.39, 0.29) is 5.91 Å². The number of carbonyl (C=O) groups excluding carboxylic acids is 1. The molecule has 182 valence electrons. The molecular formula is C27H26N6O2S. The fourth-order valence-electron chi connectivity index (χ4n) is 3.86. The fraction of sp³-hybridized carbons (Fsp3) is 0.185. The van der Waals surface area contributed by atoms with E-state index in [0.29, 0.717) is 25.1 Å². The number of H-pyrrole nitrogens is 1. The third-order valence-electron chi connectivity index (χ3n) is 5.83. The van der Waals surface area contributed by atoms with Crippen LogP contribution in [-0.2, 0) is 18.7 Å². The van der Waals surface area contributed by atoms with Gasteiger partial charge in [-0.2, -0.15) is 0 Å². The van der Waals surface area contributed by atoms with E-state index in [0.717, 1.165) is 38.9 Å². The van der Waals surface area contributed by atoms with Crippen molar-refractivity contribution in [3.05, 3.63) is 102 Å². The van der Waals surface area contributed by atoms with Crippen LogP contribution in [0.2, 0.25) is 0 Å². The Kier molecular flexibility index (Phi) is 7.28. The molecule has 2 N–H and O–H groups in total. The minimum Gasteiger partial charge on any atom is -0.497 e. The summed E-state index contributed by atoms with van der Waals surface area (Å²) < 4.78 is 7.43. The van der Waals surface area contributed by atoms with Crippen molar-refractivity contribution < 1.29 is 9.53 Å². The molecule has 36 heavy (non-hydrogen) atoms. The Bertz CT molecular complexity index is 1430. The first-order valence-electron chi connectivity index (χ1n) is 11.6. The van der Waals surface area contributed by atoms with Gasteiger partial charge in [0.05, 0.1) is 37.2 Å². The number of imidazole rings is 2. The highest BCUT2D eigenvalue weighted by molar-refractivity contribution is 7.98. The van der Waals surface area contributed by atoms with Crippen molar-refractivity contribution in [2.75, 3.05) is 13.7 Å². The Morgan fingerprint density at radius 3 is 2.58 bits per heavy atom. The number of ether oxygens (including phenoxy) is 1. The number of hydrogen-bond donors (Lipinski definition) is 2. The molecule has 0 saturated heterocycles. The van der Waals surface area contributed by atoms with Crippen LogP contribution in [0, 0.1) is 0 Å². The number of aromatic nitrogens is 5. The summed E-state index contributed by atoms with van der Waals surface area (Å²) in [6.45, 7) is 1.18. The third-order valence-corrected chi connectivity index (χ3v) is 6.88. The molecule has 2 aromatic carbocycles. The number of methoxy groups -OCH3 is 1. The Morgan fingerprint density at radius 2 is 1.83 bits per heavy atom. The van der Waals surface area contributed by atoms with Gasteiger partial charge in [-0.1, -0.05) is 36.0 Å². The lowest BCUT2D eigenvalue weighted by molar-refractivity contribution is 0.0954. The Balaban J connectivity index is 1.27. The van der Waals surface area contributed by atoms with Crippen molar-refractivity contribution >= 4 is 28.7 Å². The fourth-order valence-corrected chi connectivity index (χ4v) is 4.83. The van der Waals surface area contributed by atoms with Gasteiger partial charge in [0.1, 0.15) is 5.75 Å². The number of nitrogens with zero attached hydrogens (tertiary/aromatic N) is 4. The summed E-state index contributed by atoms with van der Waals surface area (Å²) in [5.41, 5.74) is 5.80. The molecule has 0 aliphatic rings. The summed E-state index contributed by atoms with van der Waals surface area (Å²) in [7, 11) is 1.67. The molecule has 3 heterocycles. The van der Waals surface area contributed by atoms with Crippen molar-refractivity contribution in [3.63, 3.8) is 0 Å². The summed E-state index contributed by atoms with van der Waals surface area (Å²) in [6, 6.07) is 17.7. The quantitative estimate of drug-likeness (QED) is 0.276. The maximum atomic E-state index is 12.5. The molecular weight excluding hydrogens is 472 g/mol. The average molecular weight is 499 g/mol. The van der Waals surface area contributed by atoms with E-state index in [1.54, 1.807) is 37.6 Å². The van der Waals surface area contributed by atoms with Crippen LogP contribution in [0.4, 0.5) is 0 Å². The van der Waals surface area contributed by atoms with E-state index in [9.17, 15) is 4.79 Å². The lowest BCUT2D eigenvalue weighted by Crippen LogP contribution is -2.25. The largest absolute Gasteiger partial charge is 0.497 e. The second kappa shape index (κ2) is 11.1. The zero-order chi connectivity index (χ0) is 24.7. The van der Waals surface area contributed by atoms with Crippen LogP contribution >= 0.6 is 11.8 Å². The molecule has 0 radical (unpaired) electrons. The zero-order valence-electron chi connectivity index (χ0n) is 19.8. The van der Waals surface area contributed by atoms with Crippen molar-refractivity contribution in [3.8, 4) is 5.75 Å². The highest BCUT2D eigenvalue weighted by Crippen LogP contribution is 2.28. The molecule has 0 atom stereocenters. The Morgan fingerprint density at radius 1 is 1.03 bits per heavy atom. The lowest BCUT2D eigenvalue weighted by atomic mass is 10.1. The van der Waals surface area contributed by atoms with Crippen molar-refractivity contribution in [2.24, 2.45) is 0 Å². The van der Waals surface area contributed by atoms with Gasteiger partial charge in [0.15, 0.2) is 5.16 Å². The van der Waals surface area contributed by atoms with Crippen LogP contribution in [0.25, 0.3) is 11.0 Å². The van der Waals surface area contributed by atoms with Gasteiger partial charge >= 0.3 is 0 Å². The van der Waals surface area contributed by atoms with Crippen LogP contribution in [0.5, 0.6) is 5.75 Å². The van der Waals surface area contributed by atoms with Gasteiger partial charge < -0.3 is 19.6 Å². The predicted molar refractivity (Wildman–Crippen MR) is 140 cm³/mol. The number of pyridine rings is 1. The normalized spacial score (nSPS) is 11.0. The summed E-state index contributed by atoms with van der Waals surface area (Å²) in [5.74, 6) is 1.55. The first-order chi connectivity index (χ1) is 17.7. The molecule has 0 fully saturated rings. The summed E-state index contributed by atoms with van der Waals surface area (Å²) >= 11 is 1.69. The second-order valence-corrected chi connectivity index (χ2v) is 9.20. The number of carbonyl (C=O) groups is 1. The molecule has 5 aromatic rings. The number of aromatic amines is 1. The van der Waals surface area contributed by atoms with Gasteiger partial charge in [-0.05, 0) is 41.5 Å². The molecule has 0 bridgehead atoms. The van der Waals surface area contributed by atoms with Crippen LogP contribution in [-0.4, -0.2) is 44.1 Å². The highest BCUT2D eigenvalue weighted by atomic mass is 32.2. The number of hydrogen-bond acceptors (Lipinski definition) is 6. The van der Waals surface area contributed by atoms with Crippen molar-refractivity contribution in [1.29, 1.82) is 0 Å². The van der Waals surface area contributed by atoms with E-state index >= 15 is 0 Å². The van der Waals surface area contributed by atoms with E-state index in [1.807, 2.05) is 48.7 Å². The SMILES string of the molecule is COc1ccc(CSc2nc3ccncc3n2Cc2ccc(C(=O)NCCc3cnc[nH]3)cc2)cc1. The van der Waals surface area contributed by atoms with E-state index < -0.39 is 0 Å². The first-order valence-corrected chi connectivity index (χ1v) is 12.6. The smallest absolute Gasteiger partial charge is 0.251 e. The highest BCUT2D eigenvalue weighted by Gasteiger charge is 2.13. The van der Waals surface area contributed by atoms with Crippen LogP contribution in [0.15, 0.2) is 84.7 Å². The molecule has 9 heteroatoms. The number of benzene rings is 2. The predicted octanol–water partition coefficient (Wildman–Crippen LogP) is 4.48. The second-order valence-electron chi connectivity index (χ2n) is 8.26. The number of thioether (sulfide) groups is 1. The molecule has 5 rings (SSSR count).